The smallest absolute Gasteiger partial charge is 0.230 e. The molecule has 0 spiro atoms. The molecule has 0 fully saturated rings. The average Bonchev–Trinajstić information content (AvgIpc) is 2.71. The van der Waals surface area contributed by atoms with Crippen LogP contribution in [-0.4, -0.2) is 15.9 Å². The van der Waals surface area contributed by atoms with E-state index >= 15 is 0 Å². The largest absolute Gasteiger partial charge is 0.324 e. The molecule has 15 heavy (non-hydrogen) atoms. The highest BCUT2D eigenvalue weighted by Gasteiger charge is 2.04. The van der Waals surface area contributed by atoms with Crippen LogP contribution in [0.5, 0.6) is 0 Å². The minimum atomic E-state index is -0.0751. The van der Waals surface area contributed by atoms with Gasteiger partial charge in [-0.15, -0.1) is 11.3 Å². The van der Waals surface area contributed by atoms with Crippen molar-refractivity contribution in [3.05, 3.63) is 41.1 Å². The first-order valence-corrected chi connectivity index (χ1v) is 5.36. The predicted octanol–water partition coefficient (Wildman–Crippen LogP) is 1.72. The summed E-state index contributed by atoms with van der Waals surface area (Å²) in [5, 5.41) is 4.61. The summed E-state index contributed by atoms with van der Waals surface area (Å²) >= 11 is 1.48. The third-order valence-electron chi connectivity index (χ3n) is 1.77. The number of amides is 1. The summed E-state index contributed by atoms with van der Waals surface area (Å²) in [5.74, 6) is -0.0751. The summed E-state index contributed by atoms with van der Waals surface area (Å²) in [5.41, 5.74) is 3.21. The van der Waals surface area contributed by atoms with Gasteiger partial charge in [0, 0.05) is 11.6 Å². The molecule has 1 amide bonds. The van der Waals surface area contributed by atoms with Crippen molar-refractivity contribution in [2.75, 3.05) is 5.32 Å². The quantitative estimate of drug-likeness (QED) is 0.855. The Balaban J connectivity index is 1.94. The Morgan fingerprint density at radius 3 is 3.13 bits per heavy atom. The van der Waals surface area contributed by atoms with E-state index < -0.39 is 0 Å². The van der Waals surface area contributed by atoms with E-state index in [4.69, 9.17) is 0 Å². The van der Waals surface area contributed by atoms with Crippen molar-refractivity contribution in [2.24, 2.45) is 0 Å². The summed E-state index contributed by atoms with van der Waals surface area (Å²) in [6.07, 6.45) is 3.58. The predicted molar refractivity (Wildman–Crippen MR) is 58.7 cm³/mol. The zero-order chi connectivity index (χ0) is 10.5. The third kappa shape index (κ3) is 2.85. The summed E-state index contributed by atoms with van der Waals surface area (Å²) in [7, 11) is 0. The van der Waals surface area contributed by atoms with Crippen LogP contribution in [0.1, 0.15) is 5.69 Å². The van der Waals surface area contributed by atoms with Crippen molar-refractivity contribution < 1.29 is 4.79 Å². The molecule has 1 N–H and O–H groups in total. The molecule has 2 aromatic heterocycles. The van der Waals surface area contributed by atoms with E-state index in [1.807, 2.05) is 5.38 Å². The van der Waals surface area contributed by atoms with Crippen LogP contribution in [0.4, 0.5) is 5.69 Å². The van der Waals surface area contributed by atoms with Crippen LogP contribution in [0.25, 0.3) is 0 Å². The number of thiazole rings is 1. The van der Waals surface area contributed by atoms with Gasteiger partial charge >= 0.3 is 0 Å². The van der Waals surface area contributed by atoms with Crippen molar-refractivity contribution in [1.29, 1.82) is 0 Å². The van der Waals surface area contributed by atoms with Crippen molar-refractivity contribution in [3.63, 3.8) is 0 Å². The first kappa shape index (κ1) is 9.79. The molecule has 4 nitrogen and oxygen atoms in total. The number of anilines is 1. The lowest BCUT2D eigenvalue weighted by atomic mass is 10.3. The molecule has 2 aromatic rings. The molecule has 0 aromatic carbocycles. The highest BCUT2D eigenvalue weighted by atomic mass is 32.1. The van der Waals surface area contributed by atoms with Crippen molar-refractivity contribution in [1.82, 2.24) is 9.97 Å². The SMILES string of the molecule is O=C(Cc1cscn1)Nc1cccnc1. The van der Waals surface area contributed by atoms with E-state index in [9.17, 15) is 4.79 Å². The summed E-state index contributed by atoms with van der Waals surface area (Å²) in [6, 6.07) is 3.57. The number of pyridine rings is 1. The minimum Gasteiger partial charge on any atom is -0.324 e. The molecule has 0 bridgehead atoms. The van der Waals surface area contributed by atoms with Gasteiger partial charge in [-0.3, -0.25) is 9.78 Å². The van der Waals surface area contributed by atoms with Crippen LogP contribution in [-0.2, 0) is 11.2 Å². The highest BCUT2D eigenvalue weighted by molar-refractivity contribution is 7.07. The van der Waals surface area contributed by atoms with E-state index in [1.54, 1.807) is 30.0 Å². The summed E-state index contributed by atoms with van der Waals surface area (Å²) in [6.45, 7) is 0. The number of rotatable bonds is 3. The maximum atomic E-state index is 11.5. The van der Waals surface area contributed by atoms with Crippen LogP contribution in [0.2, 0.25) is 0 Å². The standard InChI is InChI=1S/C10H9N3OS/c14-10(4-9-6-15-7-12-9)13-8-2-1-3-11-5-8/h1-3,5-7H,4H2,(H,13,14). The van der Waals surface area contributed by atoms with E-state index in [1.165, 1.54) is 11.3 Å². The second-order valence-corrected chi connectivity index (χ2v) is 3.67. The van der Waals surface area contributed by atoms with Gasteiger partial charge in [0.05, 0.1) is 29.5 Å². The van der Waals surface area contributed by atoms with Crippen LogP contribution < -0.4 is 5.32 Å². The van der Waals surface area contributed by atoms with Gasteiger partial charge < -0.3 is 5.32 Å². The molecule has 2 heterocycles. The Bertz CT molecular complexity index is 427. The van der Waals surface area contributed by atoms with Gasteiger partial charge in [-0.1, -0.05) is 0 Å². The molecule has 0 aliphatic carbocycles. The van der Waals surface area contributed by atoms with Gasteiger partial charge in [0.25, 0.3) is 0 Å². The first-order valence-electron chi connectivity index (χ1n) is 4.41. The van der Waals surface area contributed by atoms with Gasteiger partial charge in [0.2, 0.25) is 5.91 Å². The van der Waals surface area contributed by atoms with Crippen molar-refractivity contribution in [3.8, 4) is 0 Å². The molecule has 0 radical (unpaired) electrons. The number of nitrogens with zero attached hydrogens (tertiary/aromatic N) is 2. The molecule has 2 rings (SSSR count). The fourth-order valence-corrected chi connectivity index (χ4v) is 1.69. The third-order valence-corrected chi connectivity index (χ3v) is 2.41. The van der Waals surface area contributed by atoms with Crippen LogP contribution >= 0.6 is 11.3 Å². The molecule has 0 unspecified atom stereocenters. The Kier molecular flexibility index (Phi) is 3.04. The lowest BCUT2D eigenvalue weighted by Crippen LogP contribution is -2.14. The second-order valence-electron chi connectivity index (χ2n) is 2.95. The Labute approximate surface area is 91.0 Å². The lowest BCUT2D eigenvalue weighted by Gasteiger charge is -2.02. The number of hydrogen-bond acceptors (Lipinski definition) is 4. The monoisotopic (exact) mass is 219 g/mol. The lowest BCUT2D eigenvalue weighted by molar-refractivity contribution is -0.115. The second kappa shape index (κ2) is 4.65. The molecule has 0 aliphatic heterocycles. The summed E-state index contributed by atoms with van der Waals surface area (Å²) in [4.78, 5) is 19.5. The number of carbonyl (C=O) groups excluding carboxylic acids is 1. The average molecular weight is 219 g/mol. The van der Waals surface area contributed by atoms with E-state index in [0.29, 0.717) is 12.1 Å². The first-order chi connectivity index (χ1) is 7.34. The number of carbonyl (C=O) groups is 1. The highest BCUT2D eigenvalue weighted by Crippen LogP contribution is 2.06. The van der Waals surface area contributed by atoms with Crippen molar-refractivity contribution in [2.45, 2.75) is 6.42 Å². The Morgan fingerprint density at radius 1 is 1.53 bits per heavy atom. The van der Waals surface area contributed by atoms with Gasteiger partial charge in [-0.2, -0.15) is 0 Å². The number of hydrogen-bond donors (Lipinski definition) is 1. The molecule has 0 atom stereocenters. The molecule has 0 saturated carbocycles. The van der Waals surface area contributed by atoms with Crippen LogP contribution in [0.3, 0.4) is 0 Å². The Morgan fingerprint density at radius 2 is 2.47 bits per heavy atom. The Hall–Kier alpha value is -1.75. The number of aromatic nitrogens is 2. The van der Waals surface area contributed by atoms with Crippen molar-refractivity contribution >= 4 is 22.9 Å². The molecule has 5 heteroatoms. The zero-order valence-corrected chi connectivity index (χ0v) is 8.70. The zero-order valence-electron chi connectivity index (χ0n) is 7.88. The van der Waals surface area contributed by atoms with Gasteiger partial charge in [-0.25, -0.2) is 4.98 Å². The normalized spacial score (nSPS) is 9.87. The van der Waals surface area contributed by atoms with Gasteiger partial charge in [0.1, 0.15) is 0 Å². The van der Waals surface area contributed by atoms with Gasteiger partial charge in [-0.05, 0) is 12.1 Å². The molecule has 0 aliphatic rings. The topological polar surface area (TPSA) is 54.9 Å². The van der Waals surface area contributed by atoms with E-state index in [-0.39, 0.29) is 5.91 Å². The molecular formula is C10H9N3OS. The van der Waals surface area contributed by atoms with E-state index in [2.05, 4.69) is 15.3 Å². The van der Waals surface area contributed by atoms with Crippen LogP contribution in [0.15, 0.2) is 35.4 Å². The van der Waals surface area contributed by atoms with E-state index in [0.717, 1.165) is 5.69 Å². The molecular weight excluding hydrogens is 210 g/mol. The van der Waals surface area contributed by atoms with Crippen LogP contribution in [0, 0.1) is 0 Å². The maximum Gasteiger partial charge on any atom is 0.230 e. The molecule has 0 saturated heterocycles. The molecule has 76 valence electrons. The maximum absolute atomic E-state index is 11.5. The fourth-order valence-electron chi connectivity index (χ4n) is 1.13. The number of nitrogens with one attached hydrogen (secondary N) is 1. The summed E-state index contributed by atoms with van der Waals surface area (Å²) < 4.78 is 0. The fraction of sp³-hybridized carbons (Fsp3) is 0.100. The minimum absolute atomic E-state index is 0.0751. The van der Waals surface area contributed by atoms with Gasteiger partial charge in [0.15, 0.2) is 0 Å².